The minimum atomic E-state index is -0.282. The summed E-state index contributed by atoms with van der Waals surface area (Å²) in [5.74, 6) is 0. The van der Waals surface area contributed by atoms with E-state index in [4.69, 9.17) is 5.26 Å². The van der Waals surface area contributed by atoms with Crippen LogP contribution in [0.4, 0.5) is 0 Å². The molecule has 0 amide bonds. The first kappa shape index (κ1) is 13.4. The van der Waals surface area contributed by atoms with Crippen LogP contribution in [0.1, 0.15) is 20.8 Å². The zero-order valence-electron chi connectivity index (χ0n) is 10.6. The summed E-state index contributed by atoms with van der Waals surface area (Å²) in [6.45, 7) is 11.2. The first-order valence-electron chi connectivity index (χ1n) is 5.93. The summed E-state index contributed by atoms with van der Waals surface area (Å²) in [5, 5.41) is 18.6. The van der Waals surface area contributed by atoms with E-state index in [9.17, 15) is 5.11 Å². The molecule has 0 radical (unpaired) electrons. The highest BCUT2D eigenvalue weighted by Crippen LogP contribution is 2.20. The van der Waals surface area contributed by atoms with Gasteiger partial charge in [-0.25, -0.2) is 0 Å². The zero-order chi connectivity index (χ0) is 12.2. The fourth-order valence-electron chi connectivity index (χ4n) is 1.75. The SMILES string of the molecule is CC(C)(C)[C@@H](O)CN1CCN(CC#N)CC1. The molecule has 1 fully saturated rings. The molecule has 1 heterocycles. The van der Waals surface area contributed by atoms with Gasteiger partial charge in [-0.1, -0.05) is 20.8 Å². The second-order valence-electron chi connectivity index (χ2n) is 5.62. The minimum absolute atomic E-state index is 0.0518. The first-order chi connectivity index (χ1) is 7.43. The van der Waals surface area contributed by atoms with E-state index in [0.717, 1.165) is 32.7 Å². The molecule has 4 heteroatoms. The van der Waals surface area contributed by atoms with Gasteiger partial charge < -0.3 is 5.11 Å². The molecule has 0 unspecified atom stereocenters. The second kappa shape index (κ2) is 5.62. The van der Waals surface area contributed by atoms with Crippen LogP contribution in [0.25, 0.3) is 0 Å². The Hall–Kier alpha value is -0.630. The molecule has 0 aliphatic carbocycles. The second-order valence-corrected chi connectivity index (χ2v) is 5.62. The lowest BCUT2D eigenvalue weighted by atomic mass is 9.89. The lowest BCUT2D eigenvalue weighted by Crippen LogP contribution is -2.50. The lowest BCUT2D eigenvalue weighted by Gasteiger charge is -2.37. The van der Waals surface area contributed by atoms with Gasteiger partial charge in [-0.2, -0.15) is 5.26 Å². The number of piperazine rings is 1. The third-order valence-electron chi connectivity index (χ3n) is 3.19. The van der Waals surface area contributed by atoms with Gasteiger partial charge in [0.15, 0.2) is 0 Å². The number of nitriles is 1. The van der Waals surface area contributed by atoms with Crippen molar-refractivity contribution in [1.82, 2.24) is 9.80 Å². The maximum Gasteiger partial charge on any atom is 0.0866 e. The molecule has 0 aromatic rings. The Morgan fingerprint density at radius 2 is 1.69 bits per heavy atom. The van der Waals surface area contributed by atoms with Crippen LogP contribution in [0.3, 0.4) is 0 Å². The van der Waals surface area contributed by atoms with Gasteiger partial charge >= 0.3 is 0 Å². The Morgan fingerprint density at radius 1 is 1.19 bits per heavy atom. The number of hydrogen-bond acceptors (Lipinski definition) is 4. The molecule has 4 nitrogen and oxygen atoms in total. The summed E-state index contributed by atoms with van der Waals surface area (Å²) in [5.41, 5.74) is -0.0518. The van der Waals surface area contributed by atoms with Crippen LogP contribution in [0.2, 0.25) is 0 Å². The van der Waals surface area contributed by atoms with E-state index < -0.39 is 0 Å². The van der Waals surface area contributed by atoms with Crippen molar-refractivity contribution in [1.29, 1.82) is 5.26 Å². The lowest BCUT2D eigenvalue weighted by molar-refractivity contribution is 0.0149. The first-order valence-corrected chi connectivity index (χ1v) is 5.93. The molecular weight excluding hydrogens is 202 g/mol. The summed E-state index contributed by atoms with van der Waals surface area (Å²) < 4.78 is 0. The highest BCUT2D eigenvalue weighted by molar-refractivity contribution is 4.83. The quantitative estimate of drug-likeness (QED) is 0.712. The van der Waals surface area contributed by atoms with Crippen molar-refractivity contribution in [3.63, 3.8) is 0 Å². The Kier molecular flexibility index (Phi) is 4.72. The Bertz CT molecular complexity index is 246. The predicted octanol–water partition coefficient (Wildman–Crippen LogP) is 0.535. The van der Waals surface area contributed by atoms with Crippen LogP contribution in [0.15, 0.2) is 0 Å². The van der Waals surface area contributed by atoms with Gasteiger partial charge in [-0.3, -0.25) is 9.80 Å². The van der Waals surface area contributed by atoms with E-state index in [-0.39, 0.29) is 11.5 Å². The fraction of sp³-hybridized carbons (Fsp3) is 0.917. The molecule has 1 saturated heterocycles. The van der Waals surface area contributed by atoms with Crippen LogP contribution in [0.5, 0.6) is 0 Å². The van der Waals surface area contributed by atoms with Crippen molar-refractivity contribution in [3.05, 3.63) is 0 Å². The molecule has 1 rings (SSSR count). The van der Waals surface area contributed by atoms with Gasteiger partial charge in [0.25, 0.3) is 0 Å². The Balaban J connectivity index is 2.30. The topological polar surface area (TPSA) is 50.5 Å². The van der Waals surface area contributed by atoms with Gasteiger partial charge in [0.05, 0.1) is 18.7 Å². The fourth-order valence-corrected chi connectivity index (χ4v) is 1.75. The highest BCUT2D eigenvalue weighted by Gasteiger charge is 2.26. The molecule has 0 bridgehead atoms. The van der Waals surface area contributed by atoms with Gasteiger partial charge in [0.1, 0.15) is 0 Å². The molecule has 0 spiro atoms. The number of β-amino-alcohol motifs (C(OH)–C–C–N with tert-alkyl or cyclic N) is 1. The van der Waals surface area contributed by atoms with E-state index in [0.29, 0.717) is 6.54 Å². The number of nitrogens with zero attached hydrogens (tertiary/aromatic N) is 3. The molecule has 16 heavy (non-hydrogen) atoms. The smallest absolute Gasteiger partial charge is 0.0866 e. The van der Waals surface area contributed by atoms with Crippen LogP contribution < -0.4 is 0 Å². The normalized spacial score (nSPS) is 21.7. The van der Waals surface area contributed by atoms with Crippen LogP contribution >= 0.6 is 0 Å². The van der Waals surface area contributed by atoms with E-state index in [1.54, 1.807) is 0 Å². The molecule has 0 aromatic heterocycles. The minimum Gasteiger partial charge on any atom is -0.391 e. The van der Waals surface area contributed by atoms with Crippen LogP contribution in [-0.4, -0.2) is 60.3 Å². The van der Waals surface area contributed by atoms with Crippen molar-refractivity contribution in [2.45, 2.75) is 26.9 Å². The van der Waals surface area contributed by atoms with Crippen molar-refractivity contribution in [2.75, 3.05) is 39.3 Å². The summed E-state index contributed by atoms with van der Waals surface area (Å²) in [6, 6.07) is 2.18. The van der Waals surface area contributed by atoms with Crippen molar-refractivity contribution in [3.8, 4) is 6.07 Å². The number of hydrogen-bond donors (Lipinski definition) is 1. The standard InChI is InChI=1S/C12H23N3O/c1-12(2,3)11(16)10-15-8-6-14(5-4-13)7-9-15/h11,16H,5-10H2,1-3H3/t11-/m0/s1. The van der Waals surface area contributed by atoms with E-state index in [1.165, 1.54) is 0 Å². The molecule has 0 aromatic carbocycles. The summed E-state index contributed by atoms with van der Waals surface area (Å²) in [6.07, 6.45) is -0.282. The zero-order valence-corrected chi connectivity index (χ0v) is 10.6. The maximum atomic E-state index is 10.00. The van der Waals surface area contributed by atoms with Crippen LogP contribution in [0, 0.1) is 16.7 Å². The molecule has 1 N–H and O–H groups in total. The number of aliphatic hydroxyl groups excluding tert-OH is 1. The molecule has 1 aliphatic heterocycles. The average molecular weight is 225 g/mol. The van der Waals surface area contributed by atoms with Gasteiger partial charge in [0, 0.05) is 32.7 Å². The summed E-state index contributed by atoms with van der Waals surface area (Å²) >= 11 is 0. The van der Waals surface area contributed by atoms with Crippen LogP contribution in [-0.2, 0) is 0 Å². The predicted molar refractivity (Wildman–Crippen MR) is 64.0 cm³/mol. The molecule has 1 aliphatic rings. The average Bonchev–Trinajstić information content (AvgIpc) is 2.20. The monoisotopic (exact) mass is 225 g/mol. The largest absolute Gasteiger partial charge is 0.391 e. The van der Waals surface area contributed by atoms with Gasteiger partial charge in [-0.05, 0) is 5.41 Å². The van der Waals surface area contributed by atoms with E-state index in [1.807, 2.05) is 0 Å². The summed E-state index contributed by atoms with van der Waals surface area (Å²) in [4.78, 5) is 4.43. The van der Waals surface area contributed by atoms with E-state index in [2.05, 4.69) is 36.6 Å². The molecule has 92 valence electrons. The van der Waals surface area contributed by atoms with Crippen molar-refractivity contribution < 1.29 is 5.11 Å². The number of rotatable bonds is 3. The maximum absolute atomic E-state index is 10.00. The molecule has 0 saturated carbocycles. The van der Waals surface area contributed by atoms with Gasteiger partial charge in [0.2, 0.25) is 0 Å². The Labute approximate surface area is 98.5 Å². The van der Waals surface area contributed by atoms with E-state index >= 15 is 0 Å². The van der Waals surface area contributed by atoms with Crippen molar-refractivity contribution >= 4 is 0 Å². The van der Waals surface area contributed by atoms with Crippen molar-refractivity contribution in [2.24, 2.45) is 5.41 Å². The Morgan fingerprint density at radius 3 is 2.12 bits per heavy atom. The highest BCUT2D eigenvalue weighted by atomic mass is 16.3. The summed E-state index contributed by atoms with van der Waals surface area (Å²) in [7, 11) is 0. The molecular formula is C12H23N3O. The third-order valence-corrected chi connectivity index (χ3v) is 3.19. The number of aliphatic hydroxyl groups is 1. The third kappa shape index (κ3) is 4.09. The van der Waals surface area contributed by atoms with Gasteiger partial charge in [-0.15, -0.1) is 0 Å². The molecule has 1 atom stereocenters.